The van der Waals surface area contributed by atoms with Crippen LogP contribution in [-0.4, -0.2) is 31.2 Å². The van der Waals surface area contributed by atoms with E-state index < -0.39 is 0 Å². The van der Waals surface area contributed by atoms with Gasteiger partial charge in [-0.05, 0) is 25.7 Å². The van der Waals surface area contributed by atoms with Crippen LogP contribution in [0.1, 0.15) is 38.5 Å². The zero-order valence-electron chi connectivity index (χ0n) is 10.2. The first-order valence-electron chi connectivity index (χ1n) is 6.36. The minimum absolute atomic E-state index is 0. The fraction of sp³-hybridized carbons (Fsp3) is 0.917. The van der Waals surface area contributed by atoms with Crippen molar-refractivity contribution < 1.29 is 9.53 Å². The van der Waals surface area contributed by atoms with Crippen molar-refractivity contribution in [2.24, 2.45) is 11.7 Å². The summed E-state index contributed by atoms with van der Waals surface area (Å²) in [6, 6.07) is 0. The van der Waals surface area contributed by atoms with E-state index in [1.54, 1.807) is 0 Å². The summed E-state index contributed by atoms with van der Waals surface area (Å²) in [6.45, 7) is 1.94. The van der Waals surface area contributed by atoms with Crippen molar-refractivity contribution in [3.8, 4) is 0 Å². The monoisotopic (exact) mass is 262 g/mol. The molecule has 0 aromatic rings. The van der Waals surface area contributed by atoms with E-state index in [9.17, 15) is 4.79 Å². The Labute approximate surface area is 109 Å². The van der Waals surface area contributed by atoms with Crippen molar-refractivity contribution in [3.63, 3.8) is 0 Å². The van der Waals surface area contributed by atoms with Crippen molar-refractivity contribution >= 4 is 18.3 Å². The Morgan fingerprint density at radius 1 is 1.35 bits per heavy atom. The van der Waals surface area contributed by atoms with Crippen molar-refractivity contribution in [1.29, 1.82) is 0 Å². The maximum Gasteiger partial charge on any atom is 0.225 e. The molecule has 1 amide bonds. The maximum absolute atomic E-state index is 12.1. The molecule has 1 atom stereocenters. The van der Waals surface area contributed by atoms with Crippen LogP contribution in [0.2, 0.25) is 0 Å². The van der Waals surface area contributed by atoms with Crippen LogP contribution < -0.4 is 11.1 Å². The molecule has 0 spiro atoms. The highest BCUT2D eigenvalue weighted by Gasteiger charge is 2.35. The lowest BCUT2D eigenvalue weighted by atomic mass is 9.94. The summed E-state index contributed by atoms with van der Waals surface area (Å²) in [7, 11) is 0. The third-order valence-electron chi connectivity index (χ3n) is 3.87. The lowest BCUT2D eigenvalue weighted by Crippen LogP contribution is -2.54. The van der Waals surface area contributed by atoms with Crippen LogP contribution in [0, 0.1) is 5.92 Å². The molecule has 17 heavy (non-hydrogen) atoms. The number of nitrogens with two attached hydrogens (primary N) is 1. The summed E-state index contributed by atoms with van der Waals surface area (Å²) in [6.07, 6.45) is 6.36. The topological polar surface area (TPSA) is 64.3 Å². The summed E-state index contributed by atoms with van der Waals surface area (Å²) in [5.41, 5.74) is 5.68. The van der Waals surface area contributed by atoms with E-state index in [1.165, 1.54) is 12.8 Å². The Kier molecular flexibility index (Phi) is 5.70. The number of rotatable bonds is 3. The minimum Gasteiger partial charge on any atom is -0.381 e. The van der Waals surface area contributed by atoms with E-state index in [1.807, 2.05) is 0 Å². The van der Waals surface area contributed by atoms with Crippen LogP contribution in [0.4, 0.5) is 0 Å². The Morgan fingerprint density at radius 2 is 2.06 bits per heavy atom. The highest BCUT2D eigenvalue weighted by molar-refractivity contribution is 5.85. The van der Waals surface area contributed by atoms with E-state index in [0.717, 1.165) is 32.3 Å². The van der Waals surface area contributed by atoms with Gasteiger partial charge in [0.25, 0.3) is 0 Å². The predicted molar refractivity (Wildman–Crippen MR) is 69.2 cm³/mol. The second-order valence-electron chi connectivity index (χ2n) is 5.09. The first-order chi connectivity index (χ1) is 7.76. The molecule has 100 valence electrons. The molecule has 1 unspecified atom stereocenters. The average molecular weight is 263 g/mol. The van der Waals surface area contributed by atoms with Crippen LogP contribution >= 0.6 is 12.4 Å². The van der Waals surface area contributed by atoms with Crippen molar-refractivity contribution in [2.75, 3.05) is 19.8 Å². The number of hydrogen-bond donors (Lipinski definition) is 2. The molecular weight excluding hydrogens is 240 g/mol. The van der Waals surface area contributed by atoms with E-state index in [4.69, 9.17) is 10.5 Å². The first-order valence-corrected chi connectivity index (χ1v) is 6.36. The summed E-state index contributed by atoms with van der Waals surface area (Å²) < 4.78 is 5.34. The summed E-state index contributed by atoms with van der Waals surface area (Å²) >= 11 is 0. The molecule has 2 rings (SSSR count). The maximum atomic E-state index is 12.1. The Balaban J connectivity index is 0.00000144. The highest BCUT2D eigenvalue weighted by Crippen LogP contribution is 2.29. The smallest absolute Gasteiger partial charge is 0.225 e. The molecule has 4 nitrogen and oxygen atoms in total. The number of amides is 1. The molecule has 1 saturated heterocycles. The molecule has 2 fully saturated rings. The van der Waals surface area contributed by atoms with E-state index in [2.05, 4.69) is 5.32 Å². The third kappa shape index (κ3) is 3.57. The Bertz CT molecular complexity index is 249. The van der Waals surface area contributed by atoms with Gasteiger partial charge < -0.3 is 15.8 Å². The second kappa shape index (κ2) is 6.57. The van der Waals surface area contributed by atoms with E-state index >= 15 is 0 Å². The number of nitrogens with one attached hydrogen (secondary N) is 1. The van der Waals surface area contributed by atoms with Crippen LogP contribution in [0.5, 0.6) is 0 Å². The molecule has 0 bridgehead atoms. The number of hydrogen-bond acceptors (Lipinski definition) is 3. The number of ether oxygens (including phenoxy) is 1. The molecule has 0 radical (unpaired) electrons. The molecule has 0 aromatic carbocycles. The normalized spacial score (nSPS) is 27.2. The van der Waals surface area contributed by atoms with Crippen LogP contribution in [0.15, 0.2) is 0 Å². The molecule has 1 heterocycles. The summed E-state index contributed by atoms with van der Waals surface area (Å²) in [5, 5.41) is 3.17. The zero-order chi connectivity index (χ0) is 11.4. The van der Waals surface area contributed by atoms with Gasteiger partial charge in [0.2, 0.25) is 5.91 Å². The lowest BCUT2D eigenvalue weighted by molar-refractivity contribution is -0.130. The molecule has 5 heteroatoms. The van der Waals surface area contributed by atoms with E-state index in [0.29, 0.717) is 13.2 Å². The molecule has 3 N–H and O–H groups in total. The fourth-order valence-corrected chi connectivity index (χ4v) is 2.74. The molecule has 1 aliphatic heterocycles. The summed E-state index contributed by atoms with van der Waals surface area (Å²) in [4.78, 5) is 12.1. The van der Waals surface area contributed by atoms with Crippen molar-refractivity contribution in [3.05, 3.63) is 0 Å². The standard InChI is InChI=1S/C12H22N2O2.ClH/c13-9-12(5-1-2-6-12)14-11(15)10-4-3-7-16-8-10;/h10H,1-9,13H2,(H,14,15);1H. The third-order valence-corrected chi connectivity index (χ3v) is 3.87. The lowest BCUT2D eigenvalue weighted by Gasteiger charge is -2.31. The number of halogens is 1. The van der Waals surface area contributed by atoms with Gasteiger partial charge in [0.1, 0.15) is 0 Å². The largest absolute Gasteiger partial charge is 0.381 e. The van der Waals surface area contributed by atoms with Gasteiger partial charge in [-0.25, -0.2) is 0 Å². The Morgan fingerprint density at radius 3 is 2.59 bits per heavy atom. The van der Waals surface area contributed by atoms with Gasteiger partial charge in [-0.3, -0.25) is 4.79 Å². The van der Waals surface area contributed by atoms with Crippen molar-refractivity contribution in [1.82, 2.24) is 5.32 Å². The van der Waals surface area contributed by atoms with Gasteiger partial charge in [0.05, 0.1) is 18.1 Å². The van der Waals surface area contributed by atoms with Crippen LogP contribution in [-0.2, 0) is 9.53 Å². The predicted octanol–water partition coefficient (Wildman–Crippen LogP) is 1.22. The first kappa shape index (κ1) is 14.7. The quantitative estimate of drug-likeness (QED) is 0.804. The van der Waals surface area contributed by atoms with Gasteiger partial charge in [-0.1, -0.05) is 12.8 Å². The number of carbonyl (C=O) groups excluding carboxylic acids is 1. The summed E-state index contributed by atoms with van der Waals surface area (Å²) in [5.74, 6) is 0.185. The highest BCUT2D eigenvalue weighted by atomic mass is 35.5. The van der Waals surface area contributed by atoms with Crippen LogP contribution in [0.3, 0.4) is 0 Å². The second-order valence-corrected chi connectivity index (χ2v) is 5.09. The fourth-order valence-electron chi connectivity index (χ4n) is 2.74. The van der Waals surface area contributed by atoms with Gasteiger partial charge in [0, 0.05) is 13.2 Å². The van der Waals surface area contributed by atoms with Gasteiger partial charge in [-0.2, -0.15) is 0 Å². The van der Waals surface area contributed by atoms with Gasteiger partial charge >= 0.3 is 0 Å². The van der Waals surface area contributed by atoms with Gasteiger partial charge in [-0.15, -0.1) is 12.4 Å². The Hall–Kier alpha value is -0.320. The molecule has 0 aromatic heterocycles. The molecular formula is C12H23ClN2O2. The molecule has 1 aliphatic carbocycles. The van der Waals surface area contributed by atoms with Crippen molar-refractivity contribution in [2.45, 2.75) is 44.1 Å². The number of carbonyl (C=O) groups is 1. The molecule has 2 aliphatic rings. The van der Waals surface area contributed by atoms with Gasteiger partial charge in [0.15, 0.2) is 0 Å². The molecule has 1 saturated carbocycles. The average Bonchev–Trinajstić information content (AvgIpc) is 2.79. The zero-order valence-corrected chi connectivity index (χ0v) is 11.1. The minimum atomic E-state index is -0.117. The SMILES string of the molecule is Cl.NCC1(NC(=O)C2CCCOC2)CCCC1. The van der Waals surface area contributed by atoms with E-state index in [-0.39, 0.29) is 29.8 Å². The van der Waals surface area contributed by atoms with Crippen LogP contribution in [0.25, 0.3) is 0 Å².